The molecule has 2 aromatic heterocycles. The van der Waals surface area contributed by atoms with Crippen molar-refractivity contribution in [3.63, 3.8) is 0 Å². The van der Waals surface area contributed by atoms with E-state index in [1.807, 2.05) is 9.58 Å². The molecule has 2 unspecified atom stereocenters. The maximum atomic E-state index is 13.1. The number of alkyl halides is 3. The van der Waals surface area contributed by atoms with E-state index in [2.05, 4.69) is 17.0 Å². The molecule has 2 amide bonds. The molecule has 2 aliphatic carbocycles. The molecule has 6 rings (SSSR count). The highest BCUT2D eigenvalue weighted by Gasteiger charge is 2.79. The highest BCUT2D eigenvalue weighted by atomic mass is 19.4. The number of nitrogens with zero attached hydrogens (tertiary/aromatic N) is 5. The molecular formula is C26H26F3N7O2. The van der Waals surface area contributed by atoms with Crippen LogP contribution in [-0.4, -0.2) is 56.4 Å². The summed E-state index contributed by atoms with van der Waals surface area (Å²) in [6.07, 6.45) is 0.923. The SMILES string of the molecule is C=CC(=O)N1CC2C3[C@H](n4nc(-c5cnn(Cc6cccc(C(F)(F)F)c6)c5)c(C(N)=O)c4NC)C[C@]23C1. The molecule has 3 N–H and O–H groups in total. The van der Waals surface area contributed by atoms with Crippen molar-refractivity contribution in [3.8, 4) is 11.3 Å². The molecule has 3 fully saturated rings. The van der Waals surface area contributed by atoms with Gasteiger partial charge in [-0.2, -0.15) is 23.4 Å². The standard InChI is InChI=1S/C26H26F3N7O2/c1-3-19(37)34-12-17-21-18(8-25(17,21)13-34)36-24(31-2)20(23(30)38)22(33-36)15-9-32-35(11-15)10-14-5-4-6-16(7-14)26(27,28)29/h3-7,9,11,17-18,21,31H,1,8,10,12-13H2,2H3,(H2,30,38)/t17?,18-,21?,25+/m1/s1. The van der Waals surface area contributed by atoms with Crippen molar-refractivity contribution in [1.82, 2.24) is 24.5 Å². The van der Waals surface area contributed by atoms with Crippen molar-refractivity contribution in [2.75, 3.05) is 25.5 Å². The summed E-state index contributed by atoms with van der Waals surface area (Å²) in [5.41, 5.74) is 6.73. The second-order valence-electron chi connectivity index (χ2n) is 10.3. The van der Waals surface area contributed by atoms with Crippen molar-refractivity contribution in [2.24, 2.45) is 23.0 Å². The third kappa shape index (κ3) is 3.53. The van der Waals surface area contributed by atoms with E-state index in [9.17, 15) is 22.8 Å². The number of carbonyl (C=O) groups excluding carboxylic acids is 2. The molecule has 3 heterocycles. The number of amides is 2. The number of anilines is 1. The van der Waals surface area contributed by atoms with Crippen LogP contribution in [0.2, 0.25) is 0 Å². The van der Waals surface area contributed by atoms with Crippen LogP contribution in [-0.2, 0) is 17.5 Å². The minimum atomic E-state index is -4.43. The monoisotopic (exact) mass is 525 g/mol. The summed E-state index contributed by atoms with van der Waals surface area (Å²) in [6, 6.07) is 5.14. The van der Waals surface area contributed by atoms with Gasteiger partial charge in [0.05, 0.1) is 24.3 Å². The van der Waals surface area contributed by atoms with Crippen molar-refractivity contribution in [3.05, 3.63) is 66.0 Å². The normalized spacial score (nSPS) is 25.4. The van der Waals surface area contributed by atoms with Crippen LogP contribution in [0.3, 0.4) is 0 Å². The average molecular weight is 526 g/mol. The number of piperidine rings is 1. The lowest BCUT2D eigenvalue weighted by Gasteiger charge is -2.37. The predicted octanol–water partition coefficient (Wildman–Crippen LogP) is 3.16. The Bertz CT molecular complexity index is 1480. The van der Waals surface area contributed by atoms with Crippen LogP contribution in [0.4, 0.5) is 19.0 Å². The van der Waals surface area contributed by atoms with E-state index in [1.165, 1.54) is 23.0 Å². The molecule has 1 aliphatic heterocycles. The van der Waals surface area contributed by atoms with Crippen LogP contribution >= 0.6 is 0 Å². The lowest BCUT2D eigenvalue weighted by Crippen LogP contribution is -2.40. The number of primary amides is 1. The van der Waals surface area contributed by atoms with Crippen LogP contribution < -0.4 is 11.1 Å². The van der Waals surface area contributed by atoms with Gasteiger partial charge in [0.2, 0.25) is 5.91 Å². The average Bonchev–Trinajstić information content (AvgIpc) is 3.39. The number of rotatable bonds is 7. The number of likely N-dealkylation sites (tertiary alicyclic amines) is 1. The van der Waals surface area contributed by atoms with Crippen molar-refractivity contribution < 1.29 is 22.8 Å². The lowest BCUT2D eigenvalue weighted by atomic mass is 9.79. The van der Waals surface area contributed by atoms with Crippen LogP contribution in [0.1, 0.15) is 33.9 Å². The van der Waals surface area contributed by atoms with Crippen molar-refractivity contribution in [2.45, 2.75) is 25.2 Å². The number of benzene rings is 1. The first kappa shape index (κ1) is 24.3. The van der Waals surface area contributed by atoms with E-state index < -0.39 is 17.6 Å². The first-order chi connectivity index (χ1) is 18.1. The number of nitrogens with one attached hydrogen (secondary N) is 1. The minimum Gasteiger partial charge on any atom is -0.373 e. The lowest BCUT2D eigenvalue weighted by molar-refractivity contribution is -0.137. The predicted molar refractivity (Wildman–Crippen MR) is 132 cm³/mol. The van der Waals surface area contributed by atoms with E-state index in [-0.39, 0.29) is 29.5 Å². The van der Waals surface area contributed by atoms with Gasteiger partial charge in [0.15, 0.2) is 0 Å². The number of fused-ring (bicyclic) bond motifs is 1. The molecule has 9 nitrogen and oxygen atoms in total. The van der Waals surface area contributed by atoms with E-state index in [0.29, 0.717) is 47.6 Å². The topological polar surface area (TPSA) is 111 Å². The Morgan fingerprint density at radius 2 is 2.13 bits per heavy atom. The van der Waals surface area contributed by atoms with Crippen molar-refractivity contribution >= 4 is 17.6 Å². The fourth-order valence-corrected chi connectivity index (χ4v) is 6.64. The molecule has 1 aromatic carbocycles. The molecule has 2 saturated carbocycles. The van der Waals surface area contributed by atoms with Crippen molar-refractivity contribution in [1.29, 1.82) is 0 Å². The van der Waals surface area contributed by atoms with Crippen LogP contribution in [0, 0.1) is 17.3 Å². The highest BCUT2D eigenvalue weighted by molar-refractivity contribution is 6.03. The molecule has 1 spiro atoms. The third-order valence-electron chi connectivity index (χ3n) is 8.33. The molecule has 4 atom stereocenters. The second kappa shape index (κ2) is 8.20. The Morgan fingerprint density at radius 3 is 2.79 bits per heavy atom. The summed E-state index contributed by atoms with van der Waals surface area (Å²) >= 11 is 0. The zero-order chi connectivity index (χ0) is 27.0. The molecule has 3 aliphatic rings. The number of hydrogen-bond acceptors (Lipinski definition) is 5. The summed E-state index contributed by atoms with van der Waals surface area (Å²) in [6.45, 7) is 5.09. The Hall–Kier alpha value is -4.09. The van der Waals surface area contributed by atoms with Gasteiger partial charge in [-0.05, 0) is 42.0 Å². The Morgan fingerprint density at radius 1 is 1.34 bits per heavy atom. The molecule has 12 heteroatoms. The molecule has 0 radical (unpaired) electrons. The van der Waals surface area contributed by atoms with Gasteiger partial charge in [-0.1, -0.05) is 18.7 Å². The number of halogens is 3. The van der Waals surface area contributed by atoms with Gasteiger partial charge in [0.25, 0.3) is 5.91 Å². The van der Waals surface area contributed by atoms with Gasteiger partial charge in [-0.25, -0.2) is 4.68 Å². The summed E-state index contributed by atoms with van der Waals surface area (Å²) in [7, 11) is 1.70. The Balaban J connectivity index is 1.27. The molecule has 0 bridgehead atoms. The zero-order valence-corrected chi connectivity index (χ0v) is 20.6. The quantitative estimate of drug-likeness (QED) is 0.461. The van der Waals surface area contributed by atoms with E-state index in [0.717, 1.165) is 18.6 Å². The van der Waals surface area contributed by atoms with Crippen LogP contribution in [0.5, 0.6) is 0 Å². The van der Waals surface area contributed by atoms with Gasteiger partial charge in [0, 0.05) is 37.3 Å². The van der Waals surface area contributed by atoms with Gasteiger partial charge >= 0.3 is 6.18 Å². The Labute approximate surface area is 216 Å². The van der Waals surface area contributed by atoms with Gasteiger partial charge in [-0.3, -0.25) is 14.3 Å². The molecule has 3 aromatic rings. The number of carbonyl (C=O) groups is 2. The summed E-state index contributed by atoms with van der Waals surface area (Å²) in [5.74, 6) is 0.571. The summed E-state index contributed by atoms with van der Waals surface area (Å²) < 4.78 is 42.6. The molecular weight excluding hydrogens is 499 g/mol. The molecule has 198 valence electrons. The summed E-state index contributed by atoms with van der Waals surface area (Å²) in [4.78, 5) is 26.4. The highest BCUT2D eigenvalue weighted by Crippen LogP contribution is 2.79. The maximum absolute atomic E-state index is 13.1. The Kier molecular flexibility index (Phi) is 5.24. The fraction of sp³-hybridized carbons (Fsp3) is 0.385. The number of nitrogens with two attached hydrogens (primary N) is 1. The first-order valence-electron chi connectivity index (χ1n) is 12.3. The summed E-state index contributed by atoms with van der Waals surface area (Å²) in [5, 5.41) is 12.2. The van der Waals surface area contributed by atoms with E-state index >= 15 is 0 Å². The number of hydrogen-bond donors (Lipinski definition) is 2. The minimum absolute atomic E-state index is 0.0516. The van der Waals surface area contributed by atoms with E-state index in [4.69, 9.17) is 10.8 Å². The second-order valence-corrected chi connectivity index (χ2v) is 10.3. The van der Waals surface area contributed by atoms with Gasteiger partial charge < -0.3 is 16.0 Å². The molecule has 1 saturated heterocycles. The van der Waals surface area contributed by atoms with Gasteiger partial charge in [-0.15, -0.1) is 0 Å². The first-order valence-corrected chi connectivity index (χ1v) is 12.3. The smallest absolute Gasteiger partial charge is 0.373 e. The van der Waals surface area contributed by atoms with E-state index in [1.54, 1.807) is 19.3 Å². The van der Waals surface area contributed by atoms with Crippen LogP contribution in [0.25, 0.3) is 11.3 Å². The number of aromatic nitrogens is 4. The fourth-order valence-electron chi connectivity index (χ4n) is 6.64. The third-order valence-corrected chi connectivity index (χ3v) is 8.33. The molecule has 38 heavy (non-hydrogen) atoms. The van der Waals surface area contributed by atoms with Gasteiger partial charge in [0.1, 0.15) is 17.1 Å². The van der Waals surface area contributed by atoms with Crippen LogP contribution in [0.15, 0.2) is 49.3 Å². The largest absolute Gasteiger partial charge is 0.416 e. The maximum Gasteiger partial charge on any atom is 0.416 e. The zero-order valence-electron chi connectivity index (χ0n) is 20.6.